The van der Waals surface area contributed by atoms with Gasteiger partial charge in [-0.15, -0.1) is 5.10 Å². The SMILES string of the molecule is CC1(C)CC(=O)C2=C(C1)Nc1nc(SCc3ccccc3Cl)nn1C2c1cccc(OCc2ccc(Cl)cc2)c1. The third kappa shape index (κ3) is 5.64. The fourth-order valence-corrected chi connectivity index (χ4v) is 6.48. The zero-order valence-corrected chi connectivity index (χ0v) is 24.5. The highest BCUT2D eigenvalue weighted by Crippen LogP contribution is 2.46. The summed E-state index contributed by atoms with van der Waals surface area (Å²) in [6, 6.07) is 22.9. The monoisotopic (exact) mass is 590 g/mol. The van der Waals surface area contributed by atoms with E-state index in [1.165, 1.54) is 11.8 Å². The van der Waals surface area contributed by atoms with Crippen LogP contribution in [0.15, 0.2) is 89.2 Å². The molecule has 0 radical (unpaired) electrons. The van der Waals surface area contributed by atoms with Crippen LogP contribution in [0.2, 0.25) is 10.0 Å². The molecule has 1 N–H and O–H groups in total. The lowest BCUT2D eigenvalue weighted by atomic mass is 9.73. The van der Waals surface area contributed by atoms with Gasteiger partial charge in [0.05, 0.1) is 0 Å². The van der Waals surface area contributed by atoms with Crippen LogP contribution < -0.4 is 10.1 Å². The Hall–Kier alpha value is -3.26. The van der Waals surface area contributed by atoms with Crippen molar-refractivity contribution in [1.29, 1.82) is 0 Å². The summed E-state index contributed by atoms with van der Waals surface area (Å²) < 4.78 is 7.97. The average Bonchev–Trinajstić information content (AvgIpc) is 3.33. The molecule has 1 atom stereocenters. The van der Waals surface area contributed by atoms with Gasteiger partial charge < -0.3 is 10.1 Å². The number of allylic oxidation sites excluding steroid dienone is 2. The van der Waals surface area contributed by atoms with Crippen LogP contribution in [0.5, 0.6) is 5.75 Å². The number of Topliss-reactive ketones (excluding diaryl/α,β-unsaturated/α-hetero) is 1. The predicted octanol–water partition coefficient (Wildman–Crippen LogP) is 8.11. The number of thioether (sulfide) groups is 1. The highest BCUT2D eigenvalue weighted by molar-refractivity contribution is 7.98. The number of ether oxygens (including phenoxy) is 1. The summed E-state index contributed by atoms with van der Waals surface area (Å²) in [5, 5.41) is 10.3. The number of hydrogen-bond acceptors (Lipinski definition) is 6. The van der Waals surface area contributed by atoms with E-state index >= 15 is 0 Å². The number of nitrogens with zero attached hydrogens (tertiary/aromatic N) is 3. The summed E-state index contributed by atoms with van der Waals surface area (Å²) in [5.74, 6) is 2.11. The molecular weight excluding hydrogens is 563 g/mol. The number of anilines is 1. The van der Waals surface area contributed by atoms with E-state index in [2.05, 4.69) is 19.2 Å². The molecular formula is C31H28Cl2N4O2S. The number of nitrogens with one attached hydrogen (secondary N) is 1. The van der Waals surface area contributed by atoms with Crippen molar-refractivity contribution in [2.24, 2.45) is 5.41 Å². The molecule has 1 aliphatic carbocycles. The number of hydrogen-bond donors (Lipinski definition) is 1. The first-order valence-corrected chi connectivity index (χ1v) is 14.8. The highest BCUT2D eigenvalue weighted by atomic mass is 35.5. The van der Waals surface area contributed by atoms with Gasteiger partial charge in [0.2, 0.25) is 11.1 Å². The van der Waals surface area contributed by atoms with Crippen LogP contribution in [0.25, 0.3) is 0 Å². The lowest BCUT2D eigenvalue weighted by molar-refractivity contribution is -0.118. The van der Waals surface area contributed by atoms with Crippen LogP contribution in [0.3, 0.4) is 0 Å². The molecule has 6 nitrogen and oxygen atoms in total. The maximum absolute atomic E-state index is 13.6. The third-order valence-electron chi connectivity index (χ3n) is 7.12. The van der Waals surface area contributed by atoms with E-state index in [1.807, 2.05) is 77.5 Å². The molecule has 204 valence electrons. The largest absolute Gasteiger partial charge is 0.489 e. The molecule has 1 aromatic heterocycles. The summed E-state index contributed by atoms with van der Waals surface area (Å²) in [7, 11) is 0. The van der Waals surface area contributed by atoms with Crippen molar-refractivity contribution in [3.63, 3.8) is 0 Å². The van der Waals surface area contributed by atoms with Crippen LogP contribution in [0, 0.1) is 5.41 Å². The Morgan fingerprint density at radius 3 is 2.65 bits per heavy atom. The van der Waals surface area contributed by atoms with Gasteiger partial charge in [-0.05, 0) is 58.9 Å². The van der Waals surface area contributed by atoms with Crippen molar-refractivity contribution in [2.75, 3.05) is 5.32 Å². The van der Waals surface area contributed by atoms with Crippen LogP contribution in [0.1, 0.15) is 49.4 Å². The van der Waals surface area contributed by atoms with Crippen LogP contribution in [-0.2, 0) is 17.2 Å². The van der Waals surface area contributed by atoms with Crippen molar-refractivity contribution >= 4 is 46.7 Å². The number of carbonyl (C=O) groups excluding carboxylic acids is 1. The normalized spacial score (nSPS) is 17.7. The summed E-state index contributed by atoms with van der Waals surface area (Å²) in [6.07, 6.45) is 1.24. The van der Waals surface area contributed by atoms with Gasteiger partial charge in [-0.25, -0.2) is 4.68 Å². The average molecular weight is 592 g/mol. The number of carbonyl (C=O) groups is 1. The van der Waals surface area contributed by atoms with Gasteiger partial charge >= 0.3 is 0 Å². The van der Waals surface area contributed by atoms with E-state index in [9.17, 15) is 4.79 Å². The minimum Gasteiger partial charge on any atom is -0.489 e. The first kappa shape index (κ1) is 26.9. The quantitative estimate of drug-likeness (QED) is 0.219. The predicted molar refractivity (Wildman–Crippen MR) is 160 cm³/mol. The van der Waals surface area contributed by atoms with Gasteiger partial charge in [0.15, 0.2) is 5.78 Å². The standard InChI is InChI=1S/C31H28Cl2N4O2S/c1-31(2)15-25-27(26(38)16-31)28(20-7-5-8-23(14-20)39-17-19-10-12-22(32)13-11-19)37-29(34-25)35-30(36-37)40-18-21-6-3-4-9-24(21)33/h3-14,28H,15-18H2,1-2H3,(H,34,35,36). The van der Waals surface area contributed by atoms with Gasteiger partial charge in [0, 0.05) is 33.5 Å². The van der Waals surface area contributed by atoms with Gasteiger partial charge in [0.1, 0.15) is 18.4 Å². The van der Waals surface area contributed by atoms with Crippen molar-refractivity contribution in [3.8, 4) is 5.75 Å². The molecule has 6 rings (SSSR count). The second kappa shape index (κ2) is 11.0. The van der Waals surface area contributed by atoms with Crippen LogP contribution in [-0.4, -0.2) is 20.5 Å². The zero-order valence-electron chi connectivity index (χ0n) is 22.2. The van der Waals surface area contributed by atoms with Gasteiger partial charge in [-0.1, -0.05) is 91.3 Å². The lowest BCUT2D eigenvalue weighted by Gasteiger charge is -2.38. The van der Waals surface area contributed by atoms with Gasteiger partial charge in [0.25, 0.3) is 0 Å². The summed E-state index contributed by atoms with van der Waals surface area (Å²) in [5.41, 5.74) is 4.48. The topological polar surface area (TPSA) is 69.0 Å². The van der Waals surface area contributed by atoms with E-state index in [1.54, 1.807) is 0 Å². The Morgan fingerprint density at radius 1 is 1.05 bits per heavy atom. The van der Waals surface area contributed by atoms with Crippen molar-refractivity contribution in [3.05, 3.63) is 111 Å². The minimum atomic E-state index is -0.406. The third-order valence-corrected chi connectivity index (χ3v) is 8.63. The molecule has 9 heteroatoms. The molecule has 0 spiro atoms. The second-order valence-electron chi connectivity index (χ2n) is 10.9. The fourth-order valence-electron chi connectivity index (χ4n) is 5.24. The van der Waals surface area contributed by atoms with Crippen LogP contribution in [0.4, 0.5) is 5.95 Å². The van der Waals surface area contributed by atoms with Crippen molar-refractivity contribution in [1.82, 2.24) is 14.8 Å². The number of ketones is 1. The number of rotatable bonds is 7. The zero-order chi connectivity index (χ0) is 27.9. The maximum Gasteiger partial charge on any atom is 0.227 e. The number of aromatic nitrogens is 3. The molecule has 0 amide bonds. The molecule has 4 aromatic rings. The van der Waals surface area contributed by atoms with Gasteiger partial charge in [-0.2, -0.15) is 4.98 Å². The Balaban J connectivity index is 1.33. The molecule has 40 heavy (non-hydrogen) atoms. The first-order chi connectivity index (χ1) is 19.3. The molecule has 0 saturated carbocycles. The summed E-state index contributed by atoms with van der Waals surface area (Å²) >= 11 is 13.9. The molecule has 0 bridgehead atoms. The smallest absolute Gasteiger partial charge is 0.227 e. The van der Waals surface area contributed by atoms with E-state index in [-0.39, 0.29) is 11.2 Å². The highest BCUT2D eigenvalue weighted by Gasteiger charge is 2.42. The Kier molecular flexibility index (Phi) is 7.38. The number of fused-ring (bicyclic) bond motifs is 1. The van der Waals surface area contributed by atoms with E-state index < -0.39 is 6.04 Å². The molecule has 0 fully saturated rings. The minimum absolute atomic E-state index is 0.127. The second-order valence-corrected chi connectivity index (χ2v) is 12.7. The molecule has 2 heterocycles. The Morgan fingerprint density at radius 2 is 1.85 bits per heavy atom. The lowest BCUT2D eigenvalue weighted by Crippen LogP contribution is -2.36. The molecule has 1 aliphatic heterocycles. The molecule has 2 aliphatic rings. The van der Waals surface area contributed by atoms with E-state index in [0.29, 0.717) is 40.7 Å². The van der Waals surface area contributed by atoms with Crippen molar-refractivity contribution < 1.29 is 9.53 Å². The summed E-state index contributed by atoms with van der Waals surface area (Å²) in [6.45, 7) is 4.66. The first-order valence-electron chi connectivity index (χ1n) is 13.1. The fraction of sp³-hybridized carbons (Fsp3) is 0.258. The maximum atomic E-state index is 13.6. The number of benzene rings is 3. The van der Waals surface area contributed by atoms with E-state index in [0.717, 1.165) is 39.4 Å². The molecule has 1 unspecified atom stereocenters. The van der Waals surface area contributed by atoms with Crippen LogP contribution >= 0.6 is 35.0 Å². The Labute approximate surface area is 247 Å². The molecule has 0 saturated heterocycles. The van der Waals surface area contributed by atoms with E-state index in [4.69, 9.17) is 38.0 Å². The Bertz CT molecular complexity index is 1610. The number of halogens is 2. The summed E-state index contributed by atoms with van der Waals surface area (Å²) in [4.78, 5) is 18.4. The molecule has 3 aromatic carbocycles. The van der Waals surface area contributed by atoms with Gasteiger partial charge in [-0.3, -0.25) is 4.79 Å². The van der Waals surface area contributed by atoms with Crippen molar-refractivity contribution in [2.45, 2.75) is 50.2 Å².